The first-order valence-electron chi connectivity index (χ1n) is 4.55. The fourth-order valence-corrected chi connectivity index (χ4v) is 1.74. The summed E-state index contributed by atoms with van der Waals surface area (Å²) in [5.74, 6) is 0.432. The zero-order valence-corrected chi connectivity index (χ0v) is 9.76. The van der Waals surface area contributed by atoms with E-state index in [0.29, 0.717) is 5.88 Å². The van der Waals surface area contributed by atoms with Crippen LogP contribution in [0.25, 0.3) is 11.3 Å². The molecule has 0 fully saturated rings. The molecular weight excluding hydrogens is 231 g/mol. The predicted octanol–water partition coefficient (Wildman–Crippen LogP) is 3.48. The van der Waals surface area contributed by atoms with Crippen molar-refractivity contribution in [2.24, 2.45) is 7.05 Å². The number of halogens is 2. The molecule has 0 bridgehead atoms. The van der Waals surface area contributed by atoms with Gasteiger partial charge in [-0.25, -0.2) is 0 Å². The number of nitrogens with zero attached hydrogens (tertiary/aromatic N) is 2. The van der Waals surface area contributed by atoms with E-state index < -0.39 is 0 Å². The summed E-state index contributed by atoms with van der Waals surface area (Å²) in [5.41, 5.74) is 3.01. The van der Waals surface area contributed by atoms with Crippen LogP contribution in [0.2, 0.25) is 5.02 Å². The van der Waals surface area contributed by atoms with Gasteiger partial charge in [-0.3, -0.25) is 4.68 Å². The lowest BCUT2D eigenvalue weighted by Gasteiger charge is -2.01. The Morgan fingerprint density at radius 1 is 1.27 bits per heavy atom. The number of hydrogen-bond donors (Lipinski definition) is 0. The van der Waals surface area contributed by atoms with Crippen molar-refractivity contribution in [3.8, 4) is 11.3 Å². The van der Waals surface area contributed by atoms with Crippen LogP contribution in [-0.2, 0) is 12.9 Å². The van der Waals surface area contributed by atoms with E-state index in [0.717, 1.165) is 22.0 Å². The average molecular weight is 241 g/mol. The Morgan fingerprint density at radius 3 is 2.47 bits per heavy atom. The third-order valence-corrected chi connectivity index (χ3v) is 2.73. The summed E-state index contributed by atoms with van der Waals surface area (Å²) >= 11 is 11.6. The summed E-state index contributed by atoms with van der Waals surface area (Å²) in [6.45, 7) is 0. The molecule has 15 heavy (non-hydrogen) atoms. The lowest BCUT2D eigenvalue weighted by molar-refractivity contribution is 0.762. The molecule has 0 saturated carbocycles. The van der Waals surface area contributed by atoms with Gasteiger partial charge in [0.05, 0.1) is 17.3 Å². The lowest BCUT2D eigenvalue weighted by atomic mass is 10.1. The molecule has 1 aromatic carbocycles. The molecule has 0 amide bonds. The Labute approximate surface area is 98.4 Å². The van der Waals surface area contributed by atoms with Gasteiger partial charge in [-0.15, -0.1) is 11.6 Å². The predicted molar refractivity (Wildman–Crippen MR) is 63.2 cm³/mol. The summed E-state index contributed by atoms with van der Waals surface area (Å²) in [5, 5.41) is 5.01. The van der Waals surface area contributed by atoms with E-state index in [1.54, 1.807) is 0 Å². The highest BCUT2D eigenvalue weighted by molar-refractivity contribution is 6.30. The Balaban J connectivity index is 2.44. The number of alkyl halides is 1. The van der Waals surface area contributed by atoms with Gasteiger partial charge in [0.1, 0.15) is 0 Å². The SMILES string of the molecule is Cn1nc(CCl)cc1-c1ccc(Cl)cc1. The van der Waals surface area contributed by atoms with Crippen molar-refractivity contribution in [1.29, 1.82) is 0 Å². The molecule has 2 nitrogen and oxygen atoms in total. The molecule has 0 N–H and O–H groups in total. The van der Waals surface area contributed by atoms with Crippen LogP contribution >= 0.6 is 23.2 Å². The van der Waals surface area contributed by atoms with Crippen molar-refractivity contribution in [1.82, 2.24) is 9.78 Å². The van der Waals surface area contributed by atoms with Crippen LogP contribution in [0.4, 0.5) is 0 Å². The monoisotopic (exact) mass is 240 g/mol. The molecule has 2 aromatic rings. The standard InChI is InChI=1S/C11H10Cl2N2/c1-15-11(6-10(7-12)14-15)8-2-4-9(13)5-3-8/h2-6H,7H2,1H3. The zero-order valence-electron chi connectivity index (χ0n) is 8.24. The number of benzene rings is 1. The van der Waals surface area contributed by atoms with E-state index >= 15 is 0 Å². The van der Waals surface area contributed by atoms with Gasteiger partial charge in [0.25, 0.3) is 0 Å². The van der Waals surface area contributed by atoms with Crippen molar-refractivity contribution >= 4 is 23.2 Å². The minimum Gasteiger partial charge on any atom is -0.268 e. The second-order valence-electron chi connectivity index (χ2n) is 3.29. The van der Waals surface area contributed by atoms with Crippen molar-refractivity contribution in [3.63, 3.8) is 0 Å². The van der Waals surface area contributed by atoms with Crippen LogP contribution in [0.3, 0.4) is 0 Å². The first-order valence-corrected chi connectivity index (χ1v) is 5.47. The molecule has 1 heterocycles. The van der Waals surface area contributed by atoms with Gasteiger partial charge in [0.15, 0.2) is 0 Å². The van der Waals surface area contributed by atoms with Crippen LogP contribution in [0.1, 0.15) is 5.69 Å². The molecule has 0 spiro atoms. The topological polar surface area (TPSA) is 17.8 Å². The van der Waals surface area contributed by atoms with Gasteiger partial charge in [-0.2, -0.15) is 5.10 Å². The Morgan fingerprint density at radius 2 is 1.93 bits per heavy atom. The number of aromatic nitrogens is 2. The largest absolute Gasteiger partial charge is 0.268 e. The van der Waals surface area contributed by atoms with E-state index in [-0.39, 0.29) is 0 Å². The van der Waals surface area contributed by atoms with Gasteiger partial charge in [0.2, 0.25) is 0 Å². The maximum absolute atomic E-state index is 5.83. The molecule has 0 atom stereocenters. The lowest BCUT2D eigenvalue weighted by Crippen LogP contribution is -1.93. The summed E-state index contributed by atoms with van der Waals surface area (Å²) in [6.07, 6.45) is 0. The van der Waals surface area contributed by atoms with Crippen molar-refractivity contribution in [2.45, 2.75) is 5.88 Å². The number of aryl methyl sites for hydroxylation is 1. The fraction of sp³-hybridized carbons (Fsp3) is 0.182. The van der Waals surface area contributed by atoms with Crippen molar-refractivity contribution in [3.05, 3.63) is 41.0 Å². The van der Waals surface area contributed by atoms with E-state index in [9.17, 15) is 0 Å². The minimum absolute atomic E-state index is 0.432. The molecule has 0 aliphatic heterocycles. The number of hydrogen-bond acceptors (Lipinski definition) is 1. The van der Waals surface area contributed by atoms with Gasteiger partial charge in [-0.05, 0) is 23.8 Å². The molecule has 2 rings (SSSR count). The van der Waals surface area contributed by atoms with Gasteiger partial charge >= 0.3 is 0 Å². The highest BCUT2D eigenvalue weighted by atomic mass is 35.5. The molecule has 1 aromatic heterocycles. The highest BCUT2D eigenvalue weighted by Gasteiger charge is 2.06. The van der Waals surface area contributed by atoms with E-state index in [1.807, 2.05) is 42.1 Å². The second-order valence-corrected chi connectivity index (χ2v) is 3.99. The molecule has 0 aliphatic rings. The zero-order chi connectivity index (χ0) is 10.8. The minimum atomic E-state index is 0.432. The third-order valence-electron chi connectivity index (χ3n) is 2.21. The second kappa shape index (κ2) is 4.25. The number of rotatable bonds is 2. The molecule has 0 aliphatic carbocycles. The third kappa shape index (κ3) is 2.16. The van der Waals surface area contributed by atoms with Gasteiger partial charge in [-0.1, -0.05) is 23.7 Å². The molecule has 4 heteroatoms. The van der Waals surface area contributed by atoms with Crippen LogP contribution in [0.5, 0.6) is 0 Å². The average Bonchev–Trinajstić information content (AvgIpc) is 2.61. The normalized spacial score (nSPS) is 10.6. The van der Waals surface area contributed by atoms with Crippen molar-refractivity contribution in [2.75, 3.05) is 0 Å². The molecular formula is C11H10Cl2N2. The summed E-state index contributed by atoms with van der Waals surface area (Å²) in [7, 11) is 1.90. The summed E-state index contributed by atoms with van der Waals surface area (Å²) < 4.78 is 1.82. The molecule has 0 unspecified atom stereocenters. The maximum Gasteiger partial charge on any atom is 0.0778 e. The highest BCUT2D eigenvalue weighted by Crippen LogP contribution is 2.22. The molecule has 78 valence electrons. The Kier molecular flexibility index (Phi) is 2.98. The quantitative estimate of drug-likeness (QED) is 0.736. The van der Waals surface area contributed by atoms with Crippen LogP contribution in [-0.4, -0.2) is 9.78 Å². The maximum atomic E-state index is 5.83. The van der Waals surface area contributed by atoms with Gasteiger partial charge in [0, 0.05) is 12.1 Å². The first kappa shape index (κ1) is 10.5. The van der Waals surface area contributed by atoms with Crippen LogP contribution < -0.4 is 0 Å². The van der Waals surface area contributed by atoms with Crippen molar-refractivity contribution < 1.29 is 0 Å². The summed E-state index contributed by atoms with van der Waals surface area (Å²) in [4.78, 5) is 0. The Bertz CT molecular complexity index is 460. The summed E-state index contributed by atoms with van der Waals surface area (Å²) in [6, 6.07) is 9.65. The van der Waals surface area contributed by atoms with Crippen LogP contribution in [0, 0.1) is 0 Å². The fourth-order valence-electron chi connectivity index (χ4n) is 1.48. The van der Waals surface area contributed by atoms with E-state index in [2.05, 4.69) is 5.10 Å². The molecule has 0 radical (unpaired) electrons. The first-order chi connectivity index (χ1) is 7.20. The van der Waals surface area contributed by atoms with Gasteiger partial charge < -0.3 is 0 Å². The van der Waals surface area contributed by atoms with Crippen LogP contribution in [0.15, 0.2) is 30.3 Å². The van der Waals surface area contributed by atoms with E-state index in [1.165, 1.54) is 0 Å². The van der Waals surface area contributed by atoms with E-state index in [4.69, 9.17) is 23.2 Å². The molecule has 0 saturated heterocycles. The smallest absolute Gasteiger partial charge is 0.0778 e. The Hall–Kier alpha value is -0.990.